The van der Waals surface area contributed by atoms with Crippen LogP contribution in [-0.2, 0) is 4.79 Å². The molecular weight excluding hydrogens is 156 g/mol. The van der Waals surface area contributed by atoms with Crippen molar-refractivity contribution in [3.05, 3.63) is 24.8 Å². The van der Waals surface area contributed by atoms with Gasteiger partial charge in [-0.2, -0.15) is 0 Å². The molecule has 0 radical (unpaired) electrons. The Morgan fingerprint density at radius 2 is 2.42 bits per heavy atom. The number of nitrogens with zero attached hydrogens (tertiary/aromatic N) is 3. The van der Waals surface area contributed by atoms with Crippen molar-refractivity contribution in [2.45, 2.75) is 0 Å². The molecule has 0 aliphatic heterocycles. The lowest BCUT2D eigenvalue weighted by atomic mass is 10.6. The standard InChI is InChI=1S/C7H6N4O/c12-5-10-7-4-9-6-3-8-1-2-11(6)7/h1-5H,(H,10,12). The average molecular weight is 162 g/mol. The first-order valence-corrected chi connectivity index (χ1v) is 3.39. The minimum Gasteiger partial charge on any atom is -0.313 e. The highest BCUT2D eigenvalue weighted by atomic mass is 16.1. The lowest BCUT2D eigenvalue weighted by Crippen LogP contribution is -1.97. The Morgan fingerprint density at radius 3 is 3.25 bits per heavy atom. The van der Waals surface area contributed by atoms with Gasteiger partial charge in [0.2, 0.25) is 6.41 Å². The summed E-state index contributed by atoms with van der Waals surface area (Å²) in [6, 6.07) is 0. The summed E-state index contributed by atoms with van der Waals surface area (Å²) in [7, 11) is 0. The van der Waals surface area contributed by atoms with E-state index in [4.69, 9.17) is 0 Å². The van der Waals surface area contributed by atoms with Crippen molar-refractivity contribution in [3.8, 4) is 0 Å². The monoisotopic (exact) mass is 162 g/mol. The molecule has 5 heteroatoms. The summed E-state index contributed by atoms with van der Waals surface area (Å²) in [5.41, 5.74) is 0.710. The van der Waals surface area contributed by atoms with E-state index in [9.17, 15) is 4.79 Å². The molecule has 0 aromatic carbocycles. The van der Waals surface area contributed by atoms with Gasteiger partial charge in [0.1, 0.15) is 5.82 Å². The first-order chi connectivity index (χ1) is 5.92. The van der Waals surface area contributed by atoms with E-state index in [1.807, 2.05) is 0 Å². The Balaban J connectivity index is 2.62. The molecule has 0 aliphatic carbocycles. The molecule has 12 heavy (non-hydrogen) atoms. The number of nitrogens with one attached hydrogen (secondary N) is 1. The van der Waals surface area contributed by atoms with Crippen molar-refractivity contribution < 1.29 is 4.79 Å². The quantitative estimate of drug-likeness (QED) is 0.646. The number of carbonyl (C=O) groups is 1. The summed E-state index contributed by atoms with van der Waals surface area (Å²) >= 11 is 0. The van der Waals surface area contributed by atoms with E-state index in [-0.39, 0.29) is 0 Å². The second kappa shape index (κ2) is 2.61. The average Bonchev–Trinajstić information content (AvgIpc) is 2.50. The maximum absolute atomic E-state index is 10.1. The zero-order chi connectivity index (χ0) is 8.39. The van der Waals surface area contributed by atoms with Crippen LogP contribution in [0.3, 0.4) is 0 Å². The second-order valence-corrected chi connectivity index (χ2v) is 2.21. The van der Waals surface area contributed by atoms with Crippen molar-refractivity contribution in [1.29, 1.82) is 0 Å². The van der Waals surface area contributed by atoms with Crippen LogP contribution < -0.4 is 5.32 Å². The van der Waals surface area contributed by atoms with Gasteiger partial charge in [0.15, 0.2) is 5.65 Å². The summed E-state index contributed by atoms with van der Waals surface area (Å²) in [5, 5.41) is 2.52. The minimum absolute atomic E-state index is 0.615. The molecule has 2 aromatic rings. The molecule has 0 spiro atoms. The third kappa shape index (κ3) is 0.914. The van der Waals surface area contributed by atoms with Crippen LogP contribution in [0.25, 0.3) is 5.65 Å². The SMILES string of the molecule is O=CNc1cnc2cnccn12. The lowest BCUT2D eigenvalue weighted by molar-refractivity contribution is -0.105. The first kappa shape index (κ1) is 6.78. The number of carbonyl (C=O) groups excluding carboxylic acids is 1. The molecule has 1 amide bonds. The molecule has 0 saturated heterocycles. The van der Waals surface area contributed by atoms with Gasteiger partial charge >= 0.3 is 0 Å². The van der Waals surface area contributed by atoms with Crippen LogP contribution in [0.15, 0.2) is 24.8 Å². The fourth-order valence-electron chi connectivity index (χ4n) is 1.01. The predicted octanol–water partition coefficient (Wildman–Crippen LogP) is 0.298. The molecule has 1 N–H and O–H groups in total. The molecule has 60 valence electrons. The molecule has 5 nitrogen and oxygen atoms in total. The molecular formula is C7H6N4O. The van der Waals surface area contributed by atoms with E-state index in [0.29, 0.717) is 17.9 Å². The van der Waals surface area contributed by atoms with Crippen LogP contribution in [-0.4, -0.2) is 20.8 Å². The first-order valence-electron chi connectivity index (χ1n) is 3.39. The molecule has 0 fully saturated rings. The van der Waals surface area contributed by atoms with Crippen LogP contribution in [0, 0.1) is 0 Å². The Bertz CT molecular complexity index is 408. The van der Waals surface area contributed by atoms with Gasteiger partial charge in [-0.1, -0.05) is 0 Å². The molecule has 0 saturated carbocycles. The van der Waals surface area contributed by atoms with Gasteiger partial charge in [-0.3, -0.25) is 14.2 Å². The molecule has 2 aromatic heterocycles. The smallest absolute Gasteiger partial charge is 0.212 e. The summed E-state index contributed by atoms with van der Waals surface area (Å²) < 4.78 is 1.74. The third-order valence-corrected chi connectivity index (χ3v) is 1.52. The van der Waals surface area contributed by atoms with Crippen molar-refractivity contribution in [2.75, 3.05) is 5.32 Å². The third-order valence-electron chi connectivity index (χ3n) is 1.52. The van der Waals surface area contributed by atoms with E-state index in [1.165, 1.54) is 0 Å². The molecule has 0 atom stereocenters. The van der Waals surface area contributed by atoms with Crippen molar-refractivity contribution in [1.82, 2.24) is 14.4 Å². The van der Waals surface area contributed by atoms with Crippen LogP contribution in [0.4, 0.5) is 5.82 Å². The number of fused-ring (bicyclic) bond motifs is 1. The van der Waals surface area contributed by atoms with Crippen LogP contribution in [0.2, 0.25) is 0 Å². The van der Waals surface area contributed by atoms with Gasteiger partial charge in [-0.25, -0.2) is 4.98 Å². The van der Waals surface area contributed by atoms with Crippen molar-refractivity contribution >= 4 is 17.9 Å². The summed E-state index contributed by atoms with van der Waals surface area (Å²) in [6.07, 6.45) is 7.17. The maximum Gasteiger partial charge on any atom is 0.212 e. The van der Waals surface area contributed by atoms with E-state index < -0.39 is 0 Å². The van der Waals surface area contributed by atoms with E-state index in [0.717, 1.165) is 0 Å². The van der Waals surface area contributed by atoms with Gasteiger partial charge in [0.05, 0.1) is 12.4 Å². The minimum atomic E-state index is 0.615. The van der Waals surface area contributed by atoms with Gasteiger partial charge in [0, 0.05) is 12.4 Å². The molecule has 0 unspecified atom stereocenters. The van der Waals surface area contributed by atoms with Crippen molar-refractivity contribution in [3.63, 3.8) is 0 Å². The fourth-order valence-corrected chi connectivity index (χ4v) is 1.01. The number of hydrogen-bond acceptors (Lipinski definition) is 3. The fraction of sp³-hybridized carbons (Fsp3) is 0. The number of aromatic nitrogens is 3. The van der Waals surface area contributed by atoms with E-state index in [2.05, 4.69) is 15.3 Å². The van der Waals surface area contributed by atoms with Gasteiger partial charge < -0.3 is 5.32 Å². The summed E-state index contributed by atoms with van der Waals surface area (Å²) in [4.78, 5) is 18.1. The Hall–Kier alpha value is -1.91. The highest BCUT2D eigenvalue weighted by Crippen LogP contribution is 2.08. The van der Waals surface area contributed by atoms with Crippen LogP contribution >= 0.6 is 0 Å². The number of anilines is 1. The summed E-state index contributed by atoms with van der Waals surface area (Å²) in [6.45, 7) is 0. The molecule has 2 rings (SSSR count). The van der Waals surface area contributed by atoms with E-state index >= 15 is 0 Å². The normalized spacial score (nSPS) is 10.0. The predicted molar refractivity (Wildman–Crippen MR) is 42.7 cm³/mol. The van der Waals surface area contributed by atoms with Gasteiger partial charge in [0.25, 0.3) is 0 Å². The molecule has 0 aliphatic rings. The van der Waals surface area contributed by atoms with Gasteiger partial charge in [-0.05, 0) is 0 Å². The maximum atomic E-state index is 10.1. The van der Waals surface area contributed by atoms with Crippen LogP contribution in [0.1, 0.15) is 0 Å². The zero-order valence-electron chi connectivity index (χ0n) is 6.14. The summed E-state index contributed by atoms with van der Waals surface area (Å²) in [5.74, 6) is 0.641. The Labute approximate surface area is 68.1 Å². The lowest BCUT2D eigenvalue weighted by Gasteiger charge is -1.96. The van der Waals surface area contributed by atoms with Crippen LogP contribution in [0.5, 0.6) is 0 Å². The Morgan fingerprint density at radius 1 is 1.50 bits per heavy atom. The number of amides is 1. The number of hydrogen-bond donors (Lipinski definition) is 1. The highest BCUT2D eigenvalue weighted by molar-refractivity contribution is 5.70. The van der Waals surface area contributed by atoms with Crippen molar-refractivity contribution in [2.24, 2.45) is 0 Å². The highest BCUT2D eigenvalue weighted by Gasteiger charge is 1.99. The topological polar surface area (TPSA) is 59.3 Å². The van der Waals surface area contributed by atoms with Gasteiger partial charge in [-0.15, -0.1) is 0 Å². The number of rotatable bonds is 2. The molecule has 0 bridgehead atoms. The van der Waals surface area contributed by atoms with E-state index in [1.54, 1.807) is 29.2 Å². The zero-order valence-corrected chi connectivity index (χ0v) is 6.14. The second-order valence-electron chi connectivity index (χ2n) is 2.21. The molecule has 2 heterocycles. The Kier molecular flexibility index (Phi) is 1.48. The largest absolute Gasteiger partial charge is 0.313 e. The number of imidazole rings is 1.